The molecule has 5 heteroatoms. The van der Waals surface area contributed by atoms with Gasteiger partial charge >= 0.3 is 6.03 Å². The zero-order valence-electron chi connectivity index (χ0n) is 12.4. The molecule has 2 aliphatic heterocycles. The highest BCUT2D eigenvalue weighted by Crippen LogP contribution is 2.27. The summed E-state index contributed by atoms with van der Waals surface area (Å²) in [6.07, 6.45) is 3.61. The number of imide groups is 1. The van der Waals surface area contributed by atoms with Crippen molar-refractivity contribution >= 4 is 11.9 Å². The van der Waals surface area contributed by atoms with Gasteiger partial charge in [0.2, 0.25) is 0 Å². The van der Waals surface area contributed by atoms with Gasteiger partial charge in [-0.2, -0.15) is 0 Å². The molecule has 2 N–H and O–H groups in total. The quantitative estimate of drug-likeness (QED) is 0.795. The molecule has 0 radical (unpaired) electrons. The molecule has 0 aromatic heterocycles. The van der Waals surface area contributed by atoms with Gasteiger partial charge in [-0.3, -0.25) is 4.79 Å². The Bertz CT molecular complexity index is 540. The number of hydrogen-bond acceptors (Lipinski definition) is 2. The van der Waals surface area contributed by atoms with E-state index in [4.69, 9.17) is 0 Å². The number of nitrogens with one attached hydrogen (secondary N) is 2. The fraction of sp³-hybridized carbons (Fsp3) is 0.500. The van der Waals surface area contributed by atoms with Crippen LogP contribution in [0.3, 0.4) is 0 Å². The number of urea groups is 1. The molecule has 0 saturated carbocycles. The predicted molar refractivity (Wildman–Crippen MR) is 78.6 cm³/mol. The highest BCUT2D eigenvalue weighted by Gasteiger charge is 2.50. The summed E-state index contributed by atoms with van der Waals surface area (Å²) in [5.41, 5.74) is -0.104. The lowest BCUT2D eigenvalue weighted by molar-refractivity contribution is -0.912. The minimum absolute atomic E-state index is 0.142. The zero-order valence-corrected chi connectivity index (χ0v) is 12.4. The Morgan fingerprint density at radius 2 is 1.81 bits per heavy atom. The molecule has 3 amide bonds. The van der Waals surface area contributed by atoms with E-state index in [1.54, 1.807) is 6.92 Å². The van der Waals surface area contributed by atoms with Crippen LogP contribution in [-0.4, -0.2) is 36.6 Å². The van der Waals surface area contributed by atoms with E-state index in [0.29, 0.717) is 6.67 Å². The van der Waals surface area contributed by atoms with E-state index in [-0.39, 0.29) is 11.9 Å². The van der Waals surface area contributed by atoms with E-state index >= 15 is 0 Å². The molecule has 1 atom stereocenters. The molecule has 2 fully saturated rings. The Hall–Kier alpha value is -1.88. The Balaban J connectivity index is 1.78. The third kappa shape index (κ3) is 2.53. The molecule has 2 aliphatic rings. The van der Waals surface area contributed by atoms with Gasteiger partial charge in [0.1, 0.15) is 5.54 Å². The number of carbonyl (C=O) groups excluding carboxylic acids is 2. The van der Waals surface area contributed by atoms with E-state index in [9.17, 15) is 9.59 Å². The fourth-order valence-electron chi connectivity index (χ4n) is 3.24. The SMILES string of the molecule is C[C@@]1(c2ccccc2)NC(=O)N(C[NH+]2CCCCC2)C1=O. The lowest BCUT2D eigenvalue weighted by Gasteiger charge is -2.27. The van der Waals surface area contributed by atoms with Gasteiger partial charge in [-0.05, 0) is 31.7 Å². The average Bonchev–Trinajstić information content (AvgIpc) is 2.74. The number of amides is 3. The molecule has 0 unspecified atom stereocenters. The van der Waals surface area contributed by atoms with E-state index < -0.39 is 5.54 Å². The maximum Gasteiger partial charge on any atom is 0.329 e. The minimum Gasteiger partial charge on any atom is -0.319 e. The first kappa shape index (κ1) is 14.1. The van der Waals surface area contributed by atoms with Crippen LogP contribution < -0.4 is 10.2 Å². The van der Waals surface area contributed by atoms with E-state index in [1.165, 1.54) is 29.1 Å². The van der Waals surface area contributed by atoms with Crippen LogP contribution in [0.15, 0.2) is 30.3 Å². The summed E-state index contributed by atoms with van der Waals surface area (Å²) in [6, 6.07) is 9.18. The highest BCUT2D eigenvalue weighted by atomic mass is 16.2. The highest BCUT2D eigenvalue weighted by molar-refractivity contribution is 6.07. The van der Waals surface area contributed by atoms with Crippen LogP contribution in [0.5, 0.6) is 0 Å². The topological polar surface area (TPSA) is 53.9 Å². The van der Waals surface area contributed by atoms with Crippen molar-refractivity contribution in [2.45, 2.75) is 31.7 Å². The second kappa shape index (κ2) is 5.48. The monoisotopic (exact) mass is 288 g/mol. The van der Waals surface area contributed by atoms with Crippen molar-refractivity contribution in [2.24, 2.45) is 0 Å². The summed E-state index contributed by atoms with van der Waals surface area (Å²) in [5.74, 6) is -0.142. The number of rotatable bonds is 3. The minimum atomic E-state index is -0.937. The largest absolute Gasteiger partial charge is 0.329 e. The van der Waals surface area contributed by atoms with Gasteiger partial charge in [0.05, 0.1) is 13.1 Å². The molecule has 3 rings (SSSR count). The Labute approximate surface area is 124 Å². The van der Waals surface area contributed by atoms with E-state index in [2.05, 4.69) is 5.32 Å². The number of benzene rings is 1. The van der Waals surface area contributed by atoms with Crippen molar-refractivity contribution in [3.05, 3.63) is 35.9 Å². The standard InChI is InChI=1S/C16H21N3O2/c1-16(13-8-4-2-5-9-13)14(20)19(15(21)17-16)12-18-10-6-3-7-11-18/h2,4-5,8-9H,3,6-7,10-12H2,1H3,(H,17,21)/p+1/t16-/m0/s1. The second-order valence-electron chi connectivity index (χ2n) is 6.12. The summed E-state index contributed by atoms with van der Waals surface area (Å²) in [7, 11) is 0. The van der Waals surface area contributed by atoms with E-state index in [0.717, 1.165) is 18.7 Å². The van der Waals surface area contributed by atoms with Crippen molar-refractivity contribution in [3.8, 4) is 0 Å². The summed E-state index contributed by atoms with van der Waals surface area (Å²) < 4.78 is 0. The molecule has 0 aliphatic carbocycles. The number of likely N-dealkylation sites (tertiary alicyclic amines) is 1. The Kier molecular flexibility index (Phi) is 3.68. The van der Waals surface area contributed by atoms with Gasteiger partial charge in [0.15, 0.2) is 6.67 Å². The second-order valence-corrected chi connectivity index (χ2v) is 6.12. The lowest BCUT2D eigenvalue weighted by atomic mass is 9.92. The number of carbonyl (C=O) groups is 2. The van der Waals surface area contributed by atoms with Gasteiger partial charge < -0.3 is 10.2 Å². The molecule has 2 heterocycles. The Morgan fingerprint density at radius 3 is 2.48 bits per heavy atom. The van der Waals surface area contributed by atoms with Crippen molar-refractivity contribution < 1.29 is 14.5 Å². The maximum atomic E-state index is 12.7. The smallest absolute Gasteiger partial charge is 0.319 e. The van der Waals surface area contributed by atoms with Crippen molar-refractivity contribution in [1.82, 2.24) is 10.2 Å². The molecule has 5 nitrogen and oxygen atoms in total. The van der Waals surface area contributed by atoms with Crippen LogP contribution in [0.4, 0.5) is 4.79 Å². The number of quaternary nitrogens is 1. The van der Waals surface area contributed by atoms with Crippen LogP contribution >= 0.6 is 0 Å². The molecular weight excluding hydrogens is 266 g/mol. The summed E-state index contributed by atoms with van der Waals surface area (Å²) in [4.78, 5) is 27.7. The average molecular weight is 288 g/mol. The fourth-order valence-corrected chi connectivity index (χ4v) is 3.24. The third-order valence-corrected chi connectivity index (χ3v) is 4.57. The number of hydrogen-bond donors (Lipinski definition) is 2. The molecule has 2 saturated heterocycles. The first-order valence-corrected chi connectivity index (χ1v) is 7.64. The normalized spacial score (nSPS) is 27.0. The summed E-state index contributed by atoms with van der Waals surface area (Å²) in [6.45, 7) is 4.35. The lowest BCUT2D eigenvalue weighted by Crippen LogP contribution is -3.14. The Morgan fingerprint density at radius 1 is 1.14 bits per heavy atom. The molecule has 0 bridgehead atoms. The first-order chi connectivity index (χ1) is 10.1. The maximum absolute atomic E-state index is 12.7. The van der Waals surface area contributed by atoms with Crippen LogP contribution in [0.1, 0.15) is 31.7 Å². The molecule has 112 valence electrons. The van der Waals surface area contributed by atoms with Gasteiger partial charge in [-0.1, -0.05) is 30.3 Å². The molecular formula is C16H22N3O2+. The first-order valence-electron chi connectivity index (χ1n) is 7.64. The molecule has 1 aromatic carbocycles. The predicted octanol–water partition coefficient (Wildman–Crippen LogP) is 0.480. The summed E-state index contributed by atoms with van der Waals surface area (Å²) in [5, 5.41) is 2.86. The van der Waals surface area contributed by atoms with Crippen molar-refractivity contribution in [1.29, 1.82) is 0 Å². The van der Waals surface area contributed by atoms with Crippen molar-refractivity contribution in [2.75, 3.05) is 19.8 Å². The zero-order chi connectivity index (χ0) is 14.9. The van der Waals surface area contributed by atoms with Gasteiger partial charge in [0, 0.05) is 0 Å². The van der Waals surface area contributed by atoms with Crippen molar-refractivity contribution in [3.63, 3.8) is 0 Å². The molecule has 21 heavy (non-hydrogen) atoms. The number of nitrogens with zero attached hydrogens (tertiary/aromatic N) is 1. The molecule has 0 spiro atoms. The van der Waals surface area contributed by atoms with Crippen LogP contribution in [-0.2, 0) is 10.3 Å². The van der Waals surface area contributed by atoms with Gasteiger partial charge in [0.25, 0.3) is 5.91 Å². The third-order valence-electron chi connectivity index (χ3n) is 4.57. The number of piperidine rings is 1. The van der Waals surface area contributed by atoms with Gasteiger partial charge in [-0.25, -0.2) is 9.69 Å². The summed E-state index contributed by atoms with van der Waals surface area (Å²) >= 11 is 0. The van der Waals surface area contributed by atoms with Gasteiger partial charge in [-0.15, -0.1) is 0 Å². The van der Waals surface area contributed by atoms with Crippen LogP contribution in [0, 0.1) is 0 Å². The van der Waals surface area contributed by atoms with E-state index in [1.807, 2.05) is 30.3 Å². The van der Waals surface area contributed by atoms with Crippen LogP contribution in [0.2, 0.25) is 0 Å². The van der Waals surface area contributed by atoms with Crippen LogP contribution in [0.25, 0.3) is 0 Å². The molecule has 1 aromatic rings.